The number of hydrogen-bond donors (Lipinski definition) is 0. The summed E-state index contributed by atoms with van der Waals surface area (Å²) >= 11 is 5.58. The van der Waals surface area contributed by atoms with Gasteiger partial charge in [0.15, 0.2) is 0 Å². The van der Waals surface area contributed by atoms with Crippen LogP contribution in [0.15, 0.2) is 92.7 Å². The number of hydrogen-bond acceptors (Lipinski definition) is 2. The summed E-state index contributed by atoms with van der Waals surface area (Å²) in [6.45, 7) is 0. The molecule has 4 aromatic rings. The zero-order valence-electron chi connectivity index (χ0n) is 14.4. The van der Waals surface area contributed by atoms with Crippen LogP contribution in [0.3, 0.4) is 0 Å². The van der Waals surface area contributed by atoms with Crippen molar-refractivity contribution in [2.24, 2.45) is 0 Å². The first kappa shape index (κ1) is 15.8. The van der Waals surface area contributed by atoms with E-state index in [-0.39, 0.29) is 0 Å². The summed E-state index contributed by atoms with van der Waals surface area (Å²) in [7, 11) is 0. The van der Waals surface area contributed by atoms with Gasteiger partial charge < -0.3 is 4.42 Å². The molecule has 0 fully saturated rings. The van der Waals surface area contributed by atoms with Gasteiger partial charge in [0.05, 0.1) is 0 Å². The number of rotatable bonds is 1. The van der Waals surface area contributed by atoms with Gasteiger partial charge in [-0.15, -0.1) is 11.8 Å². The molecule has 130 valence electrons. The Balaban J connectivity index is 1.57. The molecular weight excluding hydrogens is 416 g/mol. The Morgan fingerprint density at radius 3 is 2.81 bits per heavy atom. The molecule has 27 heavy (non-hydrogen) atoms. The quantitative estimate of drug-likeness (QED) is 0.309. The molecule has 1 nitrogen and oxygen atoms in total. The lowest BCUT2D eigenvalue weighted by Crippen LogP contribution is -2.09. The lowest BCUT2D eigenvalue weighted by molar-refractivity contribution is 0.669. The van der Waals surface area contributed by atoms with Gasteiger partial charge in [-0.3, -0.25) is 0 Å². The SMILES string of the molecule is Brc1ccc2oc3cccc(C4=CC5c6ccccc6SC5C=C4)c3c2c1. The van der Waals surface area contributed by atoms with E-state index in [0.717, 1.165) is 21.0 Å². The Morgan fingerprint density at radius 1 is 0.926 bits per heavy atom. The van der Waals surface area contributed by atoms with Crippen molar-refractivity contribution in [1.29, 1.82) is 0 Å². The van der Waals surface area contributed by atoms with Crippen LogP contribution in [-0.4, -0.2) is 5.25 Å². The first-order valence-corrected chi connectivity index (χ1v) is 10.7. The van der Waals surface area contributed by atoms with E-state index in [9.17, 15) is 0 Å². The molecule has 3 aromatic carbocycles. The van der Waals surface area contributed by atoms with Gasteiger partial charge in [0, 0.05) is 31.3 Å². The van der Waals surface area contributed by atoms with E-state index >= 15 is 0 Å². The van der Waals surface area contributed by atoms with Gasteiger partial charge in [-0.2, -0.15) is 0 Å². The fourth-order valence-electron chi connectivity index (χ4n) is 4.27. The Bertz CT molecular complexity index is 1280. The minimum absolute atomic E-state index is 0.436. The molecule has 0 amide bonds. The van der Waals surface area contributed by atoms with Crippen LogP contribution in [0.2, 0.25) is 0 Å². The van der Waals surface area contributed by atoms with E-state index in [1.807, 2.05) is 23.9 Å². The van der Waals surface area contributed by atoms with E-state index in [4.69, 9.17) is 4.42 Å². The minimum Gasteiger partial charge on any atom is -0.456 e. The van der Waals surface area contributed by atoms with Crippen LogP contribution in [-0.2, 0) is 0 Å². The molecule has 3 heteroatoms. The van der Waals surface area contributed by atoms with Gasteiger partial charge in [0.2, 0.25) is 0 Å². The van der Waals surface area contributed by atoms with Crippen LogP contribution in [0, 0.1) is 0 Å². The maximum absolute atomic E-state index is 6.11. The van der Waals surface area contributed by atoms with Crippen LogP contribution in [0.1, 0.15) is 17.0 Å². The van der Waals surface area contributed by atoms with Gasteiger partial charge in [-0.1, -0.05) is 64.5 Å². The average Bonchev–Trinajstić information content (AvgIpc) is 3.25. The number of fused-ring (bicyclic) bond motifs is 6. The molecule has 0 N–H and O–H groups in total. The molecule has 2 heterocycles. The van der Waals surface area contributed by atoms with Crippen molar-refractivity contribution >= 4 is 55.2 Å². The lowest BCUT2D eigenvalue weighted by Gasteiger charge is -2.19. The molecule has 0 saturated heterocycles. The summed E-state index contributed by atoms with van der Waals surface area (Å²) in [5, 5.41) is 2.86. The molecular formula is C24H15BrOS. The van der Waals surface area contributed by atoms with Gasteiger partial charge in [-0.25, -0.2) is 0 Å². The maximum Gasteiger partial charge on any atom is 0.136 e. The highest BCUT2D eigenvalue weighted by molar-refractivity contribution is 9.10. The average molecular weight is 431 g/mol. The van der Waals surface area contributed by atoms with Gasteiger partial charge in [0.1, 0.15) is 11.2 Å². The fraction of sp³-hybridized carbons (Fsp3) is 0.0833. The van der Waals surface area contributed by atoms with E-state index in [0.29, 0.717) is 11.2 Å². The first-order valence-electron chi connectivity index (χ1n) is 9.05. The fourth-order valence-corrected chi connectivity index (χ4v) is 5.95. The predicted molar refractivity (Wildman–Crippen MR) is 117 cm³/mol. The number of thioether (sulfide) groups is 1. The van der Waals surface area contributed by atoms with Crippen LogP contribution in [0.25, 0.3) is 27.5 Å². The second kappa shape index (κ2) is 5.88. The van der Waals surface area contributed by atoms with Crippen molar-refractivity contribution in [3.05, 3.63) is 94.5 Å². The third-order valence-electron chi connectivity index (χ3n) is 5.49. The lowest BCUT2D eigenvalue weighted by atomic mass is 9.86. The molecule has 1 aliphatic heterocycles. The number of furan rings is 1. The van der Waals surface area contributed by atoms with E-state index in [1.54, 1.807) is 0 Å². The molecule has 2 unspecified atom stereocenters. The molecule has 0 saturated carbocycles. The normalized spacial score (nSPS) is 20.7. The third kappa shape index (κ3) is 2.38. The van der Waals surface area contributed by atoms with Crippen LogP contribution >= 0.6 is 27.7 Å². The van der Waals surface area contributed by atoms with Crippen molar-refractivity contribution in [3.8, 4) is 0 Å². The van der Waals surface area contributed by atoms with Gasteiger partial charge >= 0.3 is 0 Å². The molecule has 2 atom stereocenters. The van der Waals surface area contributed by atoms with Crippen molar-refractivity contribution in [1.82, 2.24) is 0 Å². The first-order chi connectivity index (χ1) is 13.3. The molecule has 6 rings (SSSR count). The second-order valence-corrected chi connectivity index (χ2v) is 9.18. The van der Waals surface area contributed by atoms with E-state index in [1.165, 1.54) is 27.0 Å². The Hall–Kier alpha value is -2.23. The van der Waals surface area contributed by atoms with E-state index < -0.39 is 0 Å². The van der Waals surface area contributed by atoms with E-state index in [2.05, 4.69) is 82.7 Å². The standard InChI is InChI=1S/C24H15BrOS/c25-15-9-10-20-19(13-15)24-16(5-3-6-21(24)26-20)14-8-11-23-18(12-14)17-4-1-2-7-22(17)27-23/h1-13,18,23H. The zero-order chi connectivity index (χ0) is 18.0. The second-order valence-electron chi connectivity index (χ2n) is 7.05. The highest BCUT2D eigenvalue weighted by atomic mass is 79.9. The monoisotopic (exact) mass is 430 g/mol. The third-order valence-corrected chi connectivity index (χ3v) is 7.33. The number of benzene rings is 3. The Labute approximate surface area is 169 Å². The molecule has 1 aliphatic carbocycles. The zero-order valence-corrected chi connectivity index (χ0v) is 16.8. The highest BCUT2D eigenvalue weighted by Crippen LogP contribution is 2.50. The summed E-state index contributed by atoms with van der Waals surface area (Å²) < 4.78 is 7.18. The highest BCUT2D eigenvalue weighted by Gasteiger charge is 2.32. The summed E-state index contributed by atoms with van der Waals surface area (Å²) in [5.41, 5.74) is 5.84. The number of halogens is 1. The van der Waals surface area contributed by atoms with Crippen molar-refractivity contribution in [2.75, 3.05) is 0 Å². The van der Waals surface area contributed by atoms with Gasteiger partial charge in [-0.05, 0) is 47.0 Å². The van der Waals surface area contributed by atoms with Crippen LogP contribution in [0.5, 0.6) is 0 Å². The predicted octanol–water partition coefficient (Wildman–Crippen LogP) is 7.56. The molecule has 0 radical (unpaired) electrons. The van der Waals surface area contributed by atoms with Gasteiger partial charge in [0.25, 0.3) is 0 Å². The Kier molecular flexibility index (Phi) is 3.44. The molecule has 2 aliphatic rings. The number of allylic oxidation sites excluding steroid dienone is 3. The summed E-state index contributed by atoms with van der Waals surface area (Å²) in [6.07, 6.45) is 7.09. The summed E-state index contributed by atoms with van der Waals surface area (Å²) in [4.78, 5) is 1.41. The molecule has 0 spiro atoms. The van der Waals surface area contributed by atoms with Crippen molar-refractivity contribution in [3.63, 3.8) is 0 Å². The molecule has 0 bridgehead atoms. The Morgan fingerprint density at radius 2 is 1.85 bits per heavy atom. The van der Waals surface area contributed by atoms with Crippen molar-refractivity contribution < 1.29 is 4.42 Å². The summed E-state index contributed by atoms with van der Waals surface area (Å²) in [6, 6.07) is 21.4. The smallest absolute Gasteiger partial charge is 0.136 e. The minimum atomic E-state index is 0.436. The maximum atomic E-state index is 6.11. The summed E-state index contributed by atoms with van der Waals surface area (Å²) in [5.74, 6) is 0.436. The van der Waals surface area contributed by atoms with Crippen LogP contribution < -0.4 is 0 Å². The van der Waals surface area contributed by atoms with Crippen LogP contribution in [0.4, 0.5) is 0 Å². The topological polar surface area (TPSA) is 13.1 Å². The largest absolute Gasteiger partial charge is 0.456 e. The van der Waals surface area contributed by atoms with Crippen molar-refractivity contribution in [2.45, 2.75) is 16.1 Å². The molecule has 1 aromatic heterocycles.